The topological polar surface area (TPSA) is 67.4 Å². The van der Waals surface area contributed by atoms with Crippen molar-refractivity contribution in [2.45, 2.75) is 6.61 Å². The number of carbonyl (C=O) groups excluding carboxylic acids is 2. The van der Waals surface area contributed by atoms with Crippen LogP contribution in [0.3, 0.4) is 0 Å². The molecule has 0 radical (unpaired) electrons. The first-order chi connectivity index (χ1) is 12.0. The number of hydrogen-bond donors (Lipinski definition) is 2. The molecule has 0 heterocycles. The Labute approximate surface area is 156 Å². The Morgan fingerprint density at radius 3 is 2.16 bits per heavy atom. The normalized spacial score (nSPS) is 10.4. The van der Waals surface area contributed by atoms with Crippen LogP contribution in [0, 0.1) is 0 Å². The van der Waals surface area contributed by atoms with Crippen molar-refractivity contribution in [2.75, 3.05) is 20.2 Å². The molecule has 0 fully saturated rings. The predicted octanol–water partition coefficient (Wildman–Crippen LogP) is 3.30. The van der Waals surface area contributed by atoms with E-state index in [9.17, 15) is 9.59 Å². The minimum absolute atomic E-state index is 0.207. The predicted molar refractivity (Wildman–Crippen MR) is 98.3 cm³/mol. The van der Waals surface area contributed by atoms with Gasteiger partial charge in [0.1, 0.15) is 0 Å². The van der Waals surface area contributed by atoms with Gasteiger partial charge in [0.25, 0.3) is 11.8 Å². The first kappa shape index (κ1) is 19.2. The van der Waals surface area contributed by atoms with Crippen molar-refractivity contribution >= 4 is 35.0 Å². The van der Waals surface area contributed by atoms with Gasteiger partial charge in [-0.25, -0.2) is 0 Å². The average Bonchev–Trinajstić information content (AvgIpc) is 2.61. The van der Waals surface area contributed by atoms with Crippen LogP contribution in [0.15, 0.2) is 42.5 Å². The lowest BCUT2D eigenvalue weighted by Crippen LogP contribution is -2.34. The molecule has 0 aliphatic rings. The average molecular weight is 381 g/mol. The highest BCUT2D eigenvalue weighted by Gasteiger charge is 2.09. The molecule has 2 amide bonds. The molecule has 25 heavy (non-hydrogen) atoms. The second-order valence-electron chi connectivity index (χ2n) is 5.27. The number of amides is 2. The molecule has 0 atom stereocenters. The first-order valence-corrected chi connectivity index (χ1v) is 8.36. The van der Waals surface area contributed by atoms with Crippen LogP contribution in [-0.4, -0.2) is 32.0 Å². The van der Waals surface area contributed by atoms with Crippen molar-refractivity contribution in [3.8, 4) is 0 Å². The maximum absolute atomic E-state index is 12.1. The van der Waals surface area contributed by atoms with Crippen LogP contribution >= 0.6 is 23.2 Å². The van der Waals surface area contributed by atoms with Gasteiger partial charge in [-0.15, -0.1) is 0 Å². The molecule has 7 heteroatoms. The Morgan fingerprint density at radius 2 is 1.56 bits per heavy atom. The van der Waals surface area contributed by atoms with Gasteiger partial charge in [0.2, 0.25) is 0 Å². The van der Waals surface area contributed by atoms with Gasteiger partial charge < -0.3 is 15.4 Å². The molecule has 0 saturated carbocycles. The van der Waals surface area contributed by atoms with E-state index >= 15 is 0 Å². The number of methoxy groups -OCH3 is 1. The first-order valence-electron chi connectivity index (χ1n) is 7.60. The Balaban J connectivity index is 1.80. The molecular weight excluding hydrogens is 363 g/mol. The molecule has 0 aliphatic heterocycles. The third-order valence-corrected chi connectivity index (χ3v) is 4.12. The quantitative estimate of drug-likeness (QED) is 0.724. The van der Waals surface area contributed by atoms with Gasteiger partial charge in [-0.3, -0.25) is 9.59 Å². The van der Waals surface area contributed by atoms with Crippen LogP contribution in [0.4, 0.5) is 0 Å². The third kappa shape index (κ3) is 5.74. The second kappa shape index (κ2) is 9.42. The molecule has 5 nitrogen and oxygen atoms in total. The van der Waals surface area contributed by atoms with Gasteiger partial charge in [0.05, 0.1) is 16.7 Å². The van der Waals surface area contributed by atoms with E-state index in [1.165, 1.54) is 6.07 Å². The van der Waals surface area contributed by atoms with Crippen molar-refractivity contribution in [3.63, 3.8) is 0 Å². The maximum atomic E-state index is 12.1. The van der Waals surface area contributed by atoms with Gasteiger partial charge in [0, 0.05) is 31.3 Å². The highest BCUT2D eigenvalue weighted by molar-refractivity contribution is 6.42. The summed E-state index contributed by atoms with van der Waals surface area (Å²) < 4.78 is 5.05. The van der Waals surface area contributed by atoms with Crippen LogP contribution in [-0.2, 0) is 11.3 Å². The number of rotatable bonds is 7. The number of halogens is 2. The lowest BCUT2D eigenvalue weighted by molar-refractivity contribution is 0.0927. The second-order valence-corrected chi connectivity index (χ2v) is 6.09. The van der Waals surface area contributed by atoms with Crippen LogP contribution in [0.5, 0.6) is 0 Å². The summed E-state index contributed by atoms with van der Waals surface area (Å²) in [5.41, 5.74) is 1.88. The molecule has 2 aromatic carbocycles. The third-order valence-electron chi connectivity index (χ3n) is 3.38. The van der Waals surface area contributed by atoms with Crippen LogP contribution < -0.4 is 10.6 Å². The molecule has 0 bridgehead atoms. The molecule has 0 aliphatic carbocycles. The molecule has 2 rings (SSSR count). The summed E-state index contributed by atoms with van der Waals surface area (Å²) in [6.45, 7) is 1.05. The summed E-state index contributed by atoms with van der Waals surface area (Å²) in [7, 11) is 1.60. The molecule has 0 spiro atoms. The van der Waals surface area contributed by atoms with Gasteiger partial charge in [-0.2, -0.15) is 0 Å². The number of benzene rings is 2. The zero-order valence-corrected chi connectivity index (χ0v) is 15.2. The lowest BCUT2D eigenvalue weighted by Gasteiger charge is -2.09. The summed E-state index contributed by atoms with van der Waals surface area (Å²) in [6.07, 6.45) is 0. The Kier molecular flexibility index (Phi) is 7.25. The smallest absolute Gasteiger partial charge is 0.251 e. The minimum atomic E-state index is -0.282. The van der Waals surface area contributed by atoms with E-state index in [1.807, 2.05) is 6.07 Å². The van der Waals surface area contributed by atoms with E-state index in [0.717, 1.165) is 5.56 Å². The van der Waals surface area contributed by atoms with E-state index < -0.39 is 0 Å². The van der Waals surface area contributed by atoms with Crippen molar-refractivity contribution in [1.82, 2.24) is 10.6 Å². The number of ether oxygens (including phenoxy) is 1. The van der Waals surface area contributed by atoms with Crippen LogP contribution in [0.25, 0.3) is 0 Å². The van der Waals surface area contributed by atoms with E-state index in [-0.39, 0.29) is 11.8 Å². The summed E-state index contributed by atoms with van der Waals surface area (Å²) in [5.74, 6) is -0.489. The zero-order valence-electron chi connectivity index (χ0n) is 13.6. The van der Waals surface area contributed by atoms with Gasteiger partial charge in [-0.05, 0) is 35.9 Å². The van der Waals surface area contributed by atoms with Crippen LogP contribution in [0.1, 0.15) is 26.3 Å². The molecule has 2 aromatic rings. The molecule has 0 aromatic heterocycles. The summed E-state index contributed by atoms with van der Waals surface area (Å²) in [5, 5.41) is 6.17. The zero-order chi connectivity index (χ0) is 18.2. The van der Waals surface area contributed by atoms with E-state index in [1.54, 1.807) is 37.4 Å². The van der Waals surface area contributed by atoms with Gasteiger partial charge in [-0.1, -0.05) is 35.3 Å². The van der Waals surface area contributed by atoms with Gasteiger partial charge >= 0.3 is 0 Å². The highest BCUT2D eigenvalue weighted by atomic mass is 35.5. The standard InChI is InChI=1S/C18H18Cl2N2O3/c1-25-11-12-3-2-4-13(9-12)17(23)21-7-8-22-18(24)14-5-6-15(19)16(20)10-14/h2-6,9-10H,7-8,11H2,1H3,(H,21,23)(H,22,24). The Hall–Kier alpha value is -2.08. The fourth-order valence-corrected chi connectivity index (χ4v) is 2.46. The molecule has 132 valence electrons. The van der Waals surface area contributed by atoms with E-state index in [4.69, 9.17) is 27.9 Å². The van der Waals surface area contributed by atoms with Crippen molar-refractivity contribution in [3.05, 3.63) is 69.2 Å². The Morgan fingerprint density at radius 1 is 0.920 bits per heavy atom. The number of nitrogens with one attached hydrogen (secondary N) is 2. The van der Waals surface area contributed by atoms with Crippen molar-refractivity contribution < 1.29 is 14.3 Å². The minimum Gasteiger partial charge on any atom is -0.380 e. The highest BCUT2D eigenvalue weighted by Crippen LogP contribution is 2.22. The van der Waals surface area contributed by atoms with E-state index in [0.29, 0.717) is 40.9 Å². The monoisotopic (exact) mass is 380 g/mol. The van der Waals surface area contributed by atoms with Gasteiger partial charge in [0.15, 0.2) is 0 Å². The maximum Gasteiger partial charge on any atom is 0.251 e. The fourth-order valence-electron chi connectivity index (χ4n) is 2.16. The summed E-state index contributed by atoms with van der Waals surface area (Å²) in [4.78, 5) is 24.1. The van der Waals surface area contributed by atoms with Crippen molar-refractivity contribution in [2.24, 2.45) is 0 Å². The molecule has 0 unspecified atom stereocenters. The largest absolute Gasteiger partial charge is 0.380 e. The fraction of sp³-hybridized carbons (Fsp3) is 0.222. The number of carbonyl (C=O) groups is 2. The molecule has 0 saturated heterocycles. The molecule has 2 N–H and O–H groups in total. The van der Waals surface area contributed by atoms with Crippen molar-refractivity contribution in [1.29, 1.82) is 0 Å². The summed E-state index contributed by atoms with van der Waals surface area (Å²) in [6, 6.07) is 11.8. The lowest BCUT2D eigenvalue weighted by atomic mass is 10.1. The molecular formula is C18H18Cl2N2O3. The Bertz CT molecular complexity index is 766. The summed E-state index contributed by atoms with van der Waals surface area (Å²) >= 11 is 11.7. The SMILES string of the molecule is COCc1cccc(C(=O)NCCNC(=O)c2ccc(Cl)c(Cl)c2)c1. The number of hydrogen-bond acceptors (Lipinski definition) is 3. The van der Waals surface area contributed by atoms with Crippen LogP contribution in [0.2, 0.25) is 10.0 Å². The van der Waals surface area contributed by atoms with E-state index in [2.05, 4.69) is 10.6 Å².